The van der Waals surface area contributed by atoms with Crippen LogP contribution in [0.5, 0.6) is 5.75 Å². The minimum absolute atomic E-state index is 0.0424. The van der Waals surface area contributed by atoms with Gasteiger partial charge in [0, 0.05) is 48.7 Å². The van der Waals surface area contributed by atoms with Gasteiger partial charge in [0.2, 0.25) is 5.91 Å². The van der Waals surface area contributed by atoms with Crippen LogP contribution in [-0.4, -0.2) is 61.0 Å². The third kappa shape index (κ3) is 7.58. The minimum atomic E-state index is -1.03. The second-order valence-electron chi connectivity index (χ2n) is 10.0. The van der Waals surface area contributed by atoms with Crippen LogP contribution in [0.25, 0.3) is 0 Å². The summed E-state index contributed by atoms with van der Waals surface area (Å²) in [5, 5.41) is 14.2. The molecule has 0 aromatic heterocycles. The van der Waals surface area contributed by atoms with Gasteiger partial charge in [0.15, 0.2) is 0 Å². The fraction of sp³-hybridized carbons (Fsp3) is 0.400. The molecule has 2 aromatic carbocycles. The van der Waals surface area contributed by atoms with Crippen molar-refractivity contribution in [3.63, 3.8) is 0 Å². The van der Waals surface area contributed by atoms with Crippen LogP contribution in [0.2, 0.25) is 0 Å². The molecule has 1 fully saturated rings. The molecule has 2 heterocycles. The maximum Gasteiger partial charge on any atom is 0.336 e. The molecule has 12 nitrogen and oxygen atoms in total. The van der Waals surface area contributed by atoms with Crippen LogP contribution in [0, 0.1) is 16.0 Å². The highest BCUT2D eigenvalue weighted by molar-refractivity contribution is 6.07. The number of carbonyl (C=O) groups excluding carboxylic acids is 3. The molecule has 2 aromatic rings. The number of ether oxygens (including phenoxy) is 4. The number of non-ortho nitro benzene ring substituents is 1. The Morgan fingerprint density at radius 3 is 2.52 bits per heavy atom. The van der Waals surface area contributed by atoms with Crippen molar-refractivity contribution in [1.82, 2.24) is 0 Å². The number of aliphatic imine (C=N–C) groups is 1. The van der Waals surface area contributed by atoms with E-state index in [4.69, 9.17) is 18.9 Å². The molecule has 1 N–H and O–H groups in total. The number of hydrogen-bond acceptors (Lipinski definition) is 10. The first-order valence-electron chi connectivity index (χ1n) is 13.6. The quantitative estimate of drug-likeness (QED) is 0.177. The van der Waals surface area contributed by atoms with E-state index in [2.05, 4.69) is 10.3 Å². The fourth-order valence-corrected chi connectivity index (χ4v) is 5.05. The van der Waals surface area contributed by atoms with Crippen molar-refractivity contribution in [3.8, 4) is 5.75 Å². The summed E-state index contributed by atoms with van der Waals surface area (Å²) in [6.45, 7) is 5.31. The zero-order valence-electron chi connectivity index (χ0n) is 23.7. The van der Waals surface area contributed by atoms with Crippen LogP contribution in [0.1, 0.15) is 45.1 Å². The highest BCUT2D eigenvalue weighted by Gasteiger charge is 2.43. The lowest BCUT2D eigenvalue weighted by atomic mass is 9.75. The molecule has 12 heteroatoms. The minimum Gasteiger partial charge on any atom is -0.490 e. The standard InChI is InChI=1S/C30H33N3O9/c1-18-26(29(35)41-15-14-40-24-11-9-22(10-12-24)32-20(3)34)28(21-6-4-7-23(16-21)33(37)38)27(19(2)31-18)30(36)42-17-25-8-5-13-39-25/h4,6-7,9-12,16,25-26,28H,5,8,13-15,17H2,1-3H3,(H,32,34)/t25-,26?,28-/m1/s1. The molecule has 0 saturated carbocycles. The Morgan fingerprint density at radius 1 is 1.10 bits per heavy atom. The number of nitrogens with one attached hydrogen (secondary N) is 1. The van der Waals surface area contributed by atoms with Crippen molar-refractivity contribution in [3.05, 3.63) is 75.5 Å². The third-order valence-electron chi connectivity index (χ3n) is 6.94. The molecule has 3 atom stereocenters. The Labute approximate surface area is 242 Å². The van der Waals surface area contributed by atoms with Crippen molar-refractivity contribution < 1.29 is 38.3 Å². The number of benzene rings is 2. The topological polar surface area (TPSA) is 156 Å². The molecule has 42 heavy (non-hydrogen) atoms. The lowest BCUT2D eigenvalue weighted by Crippen LogP contribution is -2.37. The van der Waals surface area contributed by atoms with E-state index in [-0.39, 0.29) is 43.1 Å². The first kappa shape index (κ1) is 30.4. The molecule has 1 unspecified atom stereocenters. The first-order chi connectivity index (χ1) is 20.1. The first-order valence-corrected chi connectivity index (χ1v) is 13.6. The predicted molar refractivity (Wildman–Crippen MR) is 152 cm³/mol. The average molecular weight is 580 g/mol. The van der Waals surface area contributed by atoms with Gasteiger partial charge in [0.25, 0.3) is 5.69 Å². The number of rotatable bonds is 11. The van der Waals surface area contributed by atoms with Crippen LogP contribution in [-0.2, 0) is 28.6 Å². The summed E-state index contributed by atoms with van der Waals surface area (Å²) in [6, 6.07) is 12.5. The van der Waals surface area contributed by atoms with Gasteiger partial charge >= 0.3 is 11.9 Å². The van der Waals surface area contributed by atoms with E-state index in [0.717, 1.165) is 12.8 Å². The average Bonchev–Trinajstić information content (AvgIpc) is 3.48. The number of anilines is 1. The van der Waals surface area contributed by atoms with Crippen molar-refractivity contribution in [2.24, 2.45) is 10.9 Å². The molecule has 0 radical (unpaired) electrons. The summed E-state index contributed by atoms with van der Waals surface area (Å²) >= 11 is 0. The largest absolute Gasteiger partial charge is 0.490 e. The van der Waals surface area contributed by atoms with Crippen molar-refractivity contribution in [1.29, 1.82) is 0 Å². The SMILES string of the molecule is CC(=O)Nc1ccc(OCCOC(=O)C2C(C)=NC(C)=C(C(=O)OC[C@H]3CCCO3)[C@@H]2c2cccc([N+](=O)[O-])c2)cc1. The van der Waals surface area contributed by atoms with Gasteiger partial charge in [0.1, 0.15) is 31.5 Å². The van der Waals surface area contributed by atoms with E-state index < -0.39 is 28.7 Å². The summed E-state index contributed by atoms with van der Waals surface area (Å²) in [5.41, 5.74) is 1.72. The number of amides is 1. The lowest BCUT2D eigenvalue weighted by molar-refractivity contribution is -0.384. The van der Waals surface area contributed by atoms with E-state index in [1.165, 1.54) is 25.1 Å². The molecule has 2 aliphatic rings. The number of hydrogen-bond donors (Lipinski definition) is 1. The number of nitro groups is 1. The van der Waals surface area contributed by atoms with Gasteiger partial charge in [0.05, 0.1) is 16.6 Å². The van der Waals surface area contributed by atoms with Crippen LogP contribution in [0.4, 0.5) is 11.4 Å². The number of allylic oxidation sites excluding steroid dienone is 1. The van der Waals surface area contributed by atoms with Crippen molar-refractivity contribution in [2.75, 3.05) is 31.7 Å². The Balaban J connectivity index is 1.51. The Hall–Kier alpha value is -4.58. The van der Waals surface area contributed by atoms with Crippen LogP contribution in [0.15, 0.2) is 64.8 Å². The van der Waals surface area contributed by atoms with Crippen molar-refractivity contribution >= 4 is 34.9 Å². The van der Waals surface area contributed by atoms with E-state index in [9.17, 15) is 24.5 Å². The predicted octanol–water partition coefficient (Wildman–Crippen LogP) is 4.35. The molecule has 2 aliphatic heterocycles. The maximum absolute atomic E-state index is 13.5. The van der Waals surface area contributed by atoms with Gasteiger partial charge in [-0.15, -0.1) is 0 Å². The van der Waals surface area contributed by atoms with Crippen LogP contribution < -0.4 is 10.1 Å². The number of carbonyl (C=O) groups is 3. The summed E-state index contributed by atoms with van der Waals surface area (Å²) in [7, 11) is 0. The maximum atomic E-state index is 13.5. The molecular formula is C30H33N3O9. The van der Waals surface area contributed by atoms with E-state index >= 15 is 0 Å². The van der Waals surface area contributed by atoms with Crippen molar-refractivity contribution in [2.45, 2.75) is 45.6 Å². The summed E-state index contributed by atoms with van der Waals surface area (Å²) in [5.74, 6) is -2.95. The normalized spacial score (nSPS) is 20.0. The number of nitrogens with zero attached hydrogens (tertiary/aromatic N) is 2. The van der Waals surface area contributed by atoms with Gasteiger partial charge in [-0.3, -0.25) is 24.7 Å². The van der Waals surface area contributed by atoms with Gasteiger partial charge in [-0.1, -0.05) is 12.1 Å². The molecule has 222 valence electrons. The highest BCUT2D eigenvalue weighted by atomic mass is 16.6. The van der Waals surface area contributed by atoms with Gasteiger partial charge in [-0.2, -0.15) is 0 Å². The van der Waals surface area contributed by atoms with Gasteiger partial charge < -0.3 is 24.3 Å². The third-order valence-corrected chi connectivity index (χ3v) is 6.94. The summed E-state index contributed by atoms with van der Waals surface area (Å²) < 4.78 is 22.3. The molecule has 1 saturated heterocycles. The van der Waals surface area contributed by atoms with E-state index in [0.29, 0.717) is 35.0 Å². The monoisotopic (exact) mass is 579 g/mol. The molecule has 0 spiro atoms. The molecule has 4 rings (SSSR count). The lowest BCUT2D eigenvalue weighted by Gasteiger charge is -2.31. The summed E-state index contributed by atoms with van der Waals surface area (Å²) in [4.78, 5) is 53.6. The van der Waals surface area contributed by atoms with Gasteiger partial charge in [-0.05, 0) is 56.5 Å². The Kier molecular flexibility index (Phi) is 10.0. The second kappa shape index (κ2) is 13.9. The highest BCUT2D eigenvalue weighted by Crippen LogP contribution is 2.41. The van der Waals surface area contributed by atoms with Gasteiger partial charge in [-0.25, -0.2) is 4.79 Å². The zero-order chi connectivity index (χ0) is 30.2. The number of esters is 2. The van der Waals surface area contributed by atoms with E-state index in [1.54, 1.807) is 44.2 Å². The van der Waals surface area contributed by atoms with E-state index in [1.807, 2.05) is 0 Å². The van der Waals surface area contributed by atoms with Crippen LogP contribution >= 0.6 is 0 Å². The Bertz CT molecular complexity index is 1390. The smallest absolute Gasteiger partial charge is 0.336 e. The molecular weight excluding hydrogens is 546 g/mol. The molecule has 0 bridgehead atoms. The zero-order valence-corrected chi connectivity index (χ0v) is 23.7. The fourth-order valence-electron chi connectivity index (χ4n) is 5.05. The second-order valence-corrected chi connectivity index (χ2v) is 10.0. The van der Waals surface area contributed by atoms with Crippen LogP contribution in [0.3, 0.4) is 0 Å². The molecule has 1 amide bonds. The Morgan fingerprint density at radius 2 is 1.86 bits per heavy atom. The number of nitro benzene ring substituents is 1. The molecule has 0 aliphatic carbocycles. The summed E-state index contributed by atoms with van der Waals surface area (Å²) in [6.07, 6.45) is 1.44.